The molecule has 2 nitrogen and oxygen atoms in total. The third-order valence-electron chi connectivity index (χ3n) is 3.09. The van der Waals surface area contributed by atoms with Crippen molar-refractivity contribution in [1.29, 1.82) is 0 Å². The molecule has 0 spiro atoms. The van der Waals surface area contributed by atoms with Gasteiger partial charge in [-0.2, -0.15) is 0 Å². The third kappa shape index (κ3) is 3.74. The van der Waals surface area contributed by atoms with Crippen molar-refractivity contribution < 1.29 is 9.90 Å². The summed E-state index contributed by atoms with van der Waals surface area (Å²) >= 11 is 1.45. The number of carboxylic acid groups (broad SMARTS) is 1. The van der Waals surface area contributed by atoms with Crippen LogP contribution in [0, 0.1) is 0 Å². The SMILES string of the molecule is CCCCC(Sc1ccc2ccccc2c1)C(=O)O. The second-order valence-corrected chi connectivity index (χ2v) is 5.87. The molecule has 0 bridgehead atoms. The molecule has 3 heteroatoms. The minimum absolute atomic E-state index is 0.346. The molecular weight excluding hydrogens is 256 g/mol. The Morgan fingerprint density at radius 3 is 2.63 bits per heavy atom. The normalized spacial score (nSPS) is 12.5. The van der Waals surface area contributed by atoms with Gasteiger partial charge in [0, 0.05) is 4.90 Å². The van der Waals surface area contributed by atoms with Crippen LogP contribution in [-0.4, -0.2) is 16.3 Å². The summed E-state index contributed by atoms with van der Waals surface area (Å²) in [4.78, 5) is 12.3. The van der Waals surface area contributed by atoms with Crippen LogP contribution in [0.2, 0.25) is 0 Å². The fourth-order valence-electron chi connectivity index (χ4n) is 2.03. The first kappa shape index (κ1) is 13.9. The molecule has 1 unspecified atom stereocenters. The Morgan fingerprint density at radius 1 is 1.21 bits per heavy atom. The Hall–Kier alpha value is -1.48. The Balaban J connectivity index is 2.16. The van der Waals surface area contributed by atoms with Crippen LogP contribution in [-0.2, 0) is 4.79 Å². The molecule has 1 atom stereocenters. The van der Waals surface area contributed by atoms with Gasteiger partial charge in [0.2, 0.25) is 0 Å². The first-order valence-corrected chi connectivity index (χ1v) is 7.47. The van der Waals surface area contributed by atoms with Crippen molar-refractivity contribution in [3.63, 3.8) is 0 Å². The highest BCUT2D eigenvalue weighted by Gasteiger charge is 2.18. The summed E-state index contributed by atoms with van der Waals surface area (Å²) in [5.74, 6) is -0.716. The van der Waals surface area contributed by atoms with Gasteiger partial charge in [-0.05, 0) is 29.3 Å². The summed E-state index contributed by atoms with van der Waals surface area (Å²) in [6, 6.07) is 14.3. The van der Waals surface area contributed by atoms with Gasteiger partial charge < -0.3 is 5.11 Å². The Bertz CT molecular complexity index is 565. The lowest BCUT2D eigenvalue weighted by molar-refractivity contribution is -0.136. The smallest absolute Gasteiger partial charge is 0.316 e. The maximum atomic E-state index is 11.3. The Labute approximate surface area is 117 Å². The molecule has 2 aromatic carbocycles. The number of benzene rings is 2. The predicted molar refractivity (Wildman–Crippen MR) is 80.8 cm³/mol. The van der Waals surface area contributed by atoms with Crippen molar-refractivity contribution in [2.45, 2.75) is 36.3 Å². The van der Waals surface area contributed by atoms with Gasteiger partial charge in [0.25, 0.3) is 0 Å². The van der Waals surface area contributed by atoms with Crippen molar-refractivity contribution in [2.75, 3.05) is 0 Å². The number of carbonyl (C=O) groups is 1. The standard InChI is InChI=1S/C16H18O2S/c1-2-3-8-15(16(17)18)19-14-10-9-12-6-4-5-7-13(12)11-14/h4-7,9-11,15H,2-3,8H2,1H3,(H,17,18). The molecule has 0 aromatic heterocycles. The molecule has 0 amide bonds. The summed E-state index contributed by atoms with van der Waals surface area (Å²) in [5, 5.41) is 11.3. The number of hydrogen-bond donors (Lipinski definition) is 1. The number of hydrogen-bond acceptors (Lipinski definition) is 2. The molecule has 19 heavy (non-hydrogen) atoms. The lowest BCUT2D eigenvalue weighted by Crippen LogP contribution is -2.15. The summed E-state index contributed by atoms with van der Waals surface area (Å²) < 4.78 is 0. The topological polar surface area (TPSA) is 37.3 Å². The fraction of sp³-hybridized carbons (Fsp3) is 0.312. The molecule has 0 fully saturated rings. The van der Waals surface area contributed by atoms with E-state index in [4.69, 9.17) is 0 Å². The third-order valence-corrected chi connectivity index (χ3v) is 4.34. The highest BCUT2D eigenvalue weighted by Crippen LogP contribution is 2.29. The van der Waals surface area contributed by atoms with Gasteiger partial charge in [-0.1, -0.05) is 50.1 Å². The molecule has 2 rings (SSSR count). The monoisotopic (exact) mass is 274 g/mol. The summed E-state index contributed by atoms with van der Waals surface area (Å²) in [5.41, 5.74) is 0. The van der Waals surface area contributed by atoms with Gasteiger partial charge in [-0.3, -0.25) is 4.79 Å². The largest absolute Gasteiger partial charge is 0.480 e. The minimum Gasteiger partial charge on any atom is -0.480 e. The molecule has 0 radical (unpaired) electrons. The Kier molecular flexibility index (Phi) is 4.86. The van der Waals surface area contributed by atoms with Gasteiger partial charge in [0.05, 0.1) is 0 Å². The molecule has 0 saturated carbocycles. The first-order valence-electron chi connectivity index (χ1n) is 6.59. The van der Waals surface area contributed by atoms with E-state index in [9.17, 15) is 9.90 Å². The average Bonchev–Trinajstić information content (AvgIpc) is 2.43. The highest BCUT2D eigenvalue weighted by atomic mass is 32.2. The number of unbranched alkanes of at least 4 members (excludes halogenated alkanes) is 1. The van der Waals surface area contributed by atoms with Crippen LogP contribution in [0.25, 0.3) is 10.8 Å². The van der Waals surface area contributed by atoms with Crippen molar-refractivity contribution >= 4 is 28.5 Å². The molecule has 1 N–H and O–H groups in total. The lowest BCUT2D eigenvalue weighted by atomic mass is 10.1. The number of aliphatic carboxylic acids is 1. The lowest BCUT2D eigenvalue weighted by Gasteiger charge is -2.12. The van der Waals surface area contributed by atoms with E-state index in [2.05, 4.69) is 31.2 Å². The molecule has 0 aliphatic carbocycles. The fourth-order valence-corrected chi connectivity index (χ4v) is 3.08. The predicted octanol–water partition coefficient (Wildman–Crippen LogP) is 4.58. The van der Waals surface area contributed by atoms with Crippen LogP contribution in [0.15, 0.2) is 47.4 Å². The van der Waals surface area contributed by atoms with Gasteiger partial charge in [-0.15, -0.1) is 11.8 Å². The van der Waals surface area contributed by atoms with Crippen molar-refractivity contribution in [2.24, 2.45) is 0 Å². The first-order chi connectivity index (χ1) is 9.20. The van der Waals surface area contributed by atoms with Crippen LogP contribution in [0.1, 0.15) is 26.2 Å². The van der Waals surface area contributed by atoms with Crippen LogP contribution in [0.3, 0.4) is 0 Å². The van der Waals surface area contributed by atoms with E-state index < -0.39 is 5.97 Å². The van der Waals surface area contributed by atoms with Gasteiger partial charge in [0.1, 0.15) is 5.25 Å². The van der Waals surface area contributed by atoms with Crippen LogP contribution < -0.4 is 0 Å². The van der Waals surface area contributed by atoms with Gasteiger partial charge in [-0.25, -0.2) is 0 Å². The Morgan fingerprint density at radius 2 is 1.95 bits per heavy atom. The van der Waals surface area contributed by atoms with Crippen LogP contribution in [0.5, 0.6) is 0 Å². The van der Waals surface area contributed by atoms with E-state index in [0.717, 1.165) is 29.5 Å². The van der Waals surface area contributed by atoms with E-state index >= 15 is 0 Å². The van der Waals surface area contributed by atoms with E-state index in [-0.39, 0.29) is 5.25 Å². The number of thioether (sulfide) groups is 1. The average molecular weight is 274 g/mol. The summed E-state index contributed by atoms with van der Waals surface area (Å²) in [6.07, 6.45) is 2.71. The maximum Gasteiger partial charge on any atom is 0.316 e. The van der Waals surface area contributed by atoms with E-state index in [1.54, 1.807) is 0 Å². The van der Waals surface area contributed by atoms with Crippen molar-refractivity contribution in [3.8, 4) is 0 Å². The molecule has 0 saturated heterocycles. The zero-order valence-electron chi connectivity index (χ0n) is 11.0. The quantitative estimate of drug-likeness (QED) is 0.784. The zero-order chi connectivity index (χ0) is 13.7. The van der Waals surface area contributed by atoms with Gasteiger partial charge in [0.15, 0.2) is 0 Å². The van der Waals surface area contributed by atoms with E-state index in [1.807, 2.05) is 18.2 Å². The summed E-state index contributed by atoms with van der Waals surface area (Å²) in [7, 11) is 0. The van der Waals surface area contributed by atoms with Crippen LogP contribution >= 0.6 is 11.8 Å². The molecule has 100 valence electrons. The second kappa shape index (κ2) is 6.62. The van der Waals surface area contributed by atoms with Gasteiger partial charge >= 0.3 is 5.97 Å². The number of fused-ring (bicyclic) bond motifs is 1. The highest BCUT2D eigenvalue weighted by molar-refractivity contribution is 8.00. The molecule has 0 heterocycles. The van der Waals surface area contributed by atoms with E-state index in [1.165, 1.54) is 17.1 Å². The molecule has 2 aromatic rings. The second-order valence-electron chi connectivity index (χ2n) is 4.60. The number of carboxylic acids is 1. The molecule has 0 aliphatic rings. The van der Waals surface area contributed by atoms with E-state index in [0.29, 0.717) is 0 Å². The van der Waals surface area contributed by atoms with Crippen molar-refractivity contribution in [3.05, 3.63) is 42.5 Å². The van der Waals surface area contributed by atoms with Crippen molar-refractivity contribution in [1.82, 2.24) is 0 Å². The molecular formula is C16H18O2S. The zero-order valence-corrected chi connectivity index (χ0v) is 11.8. The minimum atomic E-state index is -0.716. The maximum absolute atomic E-state index is 11.3. The summed E-state index contributed by atoms with van der Waals surface area (Å²) in [6.45, 7) is 2.08. The molecule has 0 aliphatic heterocycles. The van der Waals surface area contributed by atoms with Crippen LogP contribution in [0.4, 0.5) is 0 Å². The number of rotatable bonds is 6.